The minimum absolute atomic E-state index is 0.0531. The van der Waals surface area contributed by atoms with Crippen LogP contribution in [0.15, 0.2) is 47.4 Å². The zero-order chi connectivity index (χ0) is 14.7. The lowest BCUT2D eigenvalue weighted by atomic mass is 10.2. The molecular formula is C13H12N2O4S. The quantitative estimate of drug-likeness (QED) is 0.391. The van der Waals surface area contributed by atoms with E-state index in [1.165, 1.54) is 24.3 Å². The normalized spacial score (nSPS) is 11.8. The molecule has 2 aromatic rings. The standard InChI is InChI=1S/C13H12N2O4S/c14-9-3-1-2-8(6-9)13(17)15-11-7-10(20(18)19)4-5-12(11)16/h1-7,16H,14H2,(H,15,17)(H,18,19). The number of nitrogen functional groups attached to an aromatic ring is 1. The molecule has 0 bridgehead atoms. The van der Waals surface area contributed by atoms with Gasteiger partial charge in [0, 0.05) is 11.3 Å². The Morgan fingerprint density at radius 3 is 2.60 bits per heavy atom. The van der Waals surface area contributed by atoms with Gasteiger partial charge in [-0.05, 0) is 36.4 Å². The van der Waals surface area contributed by atoms with E-state index in [0.29, 0.717) is 11.3 Å². The lowest BCUT2D eigenvalue weighted by Gasteiger charge is -2.08. The van der Waals surface area contributed by atoms with Crippen molar-refractivity contribution in [1.29, 1.82) is 0 Å². The maximum Gasteiger partial charge on any atom is 0.255 e. The zero-order valence-corrected chi connectivity index (χ0v) is 11.1. The molecule has 0 spiro atoms. The summed E-state index contributed by atoms with van der Waals surface area (Å²) < 4.78 is 20.0. The van der Waals surface area contributed by atoms with Gasteiger partial charge in [-0.25, -0.2) is 4.21 Å². The third-order valence-electron chi connectivity index (χ3n) is 2.57. The van der Waals surface area contributed by atoms with Crippen molar-refractivity contribution in [3.05, 3.63) is 48.0 Å². The Morgan fingerprint density at radius 1 is 1.20 bits per heavy atom. The van der Waals surface area contributed by atoms with Crippen molar-refractivity contribution < 1.29 is 18.7 Å². The van der Waals surface area contributed by atoms with Gasteiger partial charge >= 0.3 is 0 Å². The Labute approximate surface area is 117 Å². The molecule has 0 saturated carbocycles. The van der Waals surface area contributed by atoms with Crippen LogP contribution in [-0.2, 0) is 11.1 Å². The summed E-state index contributed by atoms with van der Waals surface area (Å²) in [5.41, 5.74) is 6.39. The average molecular weight is 292 g/mol. The molecule has 1 amide bonds. The number of aromatic hydroxyl groups is 1. The van der Waals surface area contributed by atoms with Gasteiger partial charge < -0.3 is 20.7 Å². The van der Waals surface area contributed by atoms with E-state index >= 15 is 0 Å². The second kappa shape index (κ2) is 5.72. The Kier molecular flexibility index (Phi) is 4.02. The Balaban J connectivity index is 2.27. The maximum atomic E-state index is 12.0. The highest BCUT2D eigenvalue weighted by molar-refractivity contribution is 7.79. The minimum atomic E-state index is -2.19. The smallest absolute Gasteiger partial charge is 0.255 e. The van der Waals surface area contributed by atoms with E-state index < -0.39 is 17.0 Å². The van der Waals surface area contributed by atoms with E-state index in [-0.39, 0.29) is 16.3 Å². The lowest BCUT2D eigenvalue weighted by Crippen LogP contribution is -2.12. The highest BCUT2D eigenvalue weighted by Gasteiger charge is 2.11. The molecule has 1 unspecified atom stereocenters. The summed E-state index contributed by atoms with van der Waals surface area (Å²) in [6, 6.07) is 10.1. The van der Waals surface area contributed by atoms with Crippen LogP contribution in [0.3, 0.4) is 0 Å². The average Bonchev–Trinajstić information content (AvgIpc) is 2.41. The largest absolute Gasteiger partial charge is 0.506 e. The second-order valence-electron chi connectivity index (χ2n) is 4.01. The first kappa shape index (κ1) is 14.0. The van der Waals surface area contributed by atoms with Gasteiger partial charge in [-0.3, -0.25) is 4.79 Å². The summed E-state index contributed by atoms with van der Waals surface area (Å²) >= 11 is -2.19. The van der Waals surface area contributed by atoms with E-state index in [1.54, 1.807) is 18.2 Å². The van der Waals surface area contributed by atoms with Gasteiger partial charge in [-0.2, -0.15) is 0 Å². The highest BCUT2D eigenvalue weighted by Crippen LogP contribution is 2.26. The molecule has 104 valence electrons. The fraction of sp³-hybridized carbons (Fsp3) is 0. The van der Waals surface area contributed by atoms with E-state index in [4.69, 9.17) is 10.3 Å². The third kappa shape index (κ3) is 3.14. The molecule has 0 aliphatic rings. The van der Waals surface area contributed by atoms with E-state index in [0.717, 1.165) is 0 Å². The summed E-state index contributed by atoms with van der Waals surface area (Å²) in [5.74, 6) is -0.676. The van der Waals surface area contributed by atoms with Crippen molar-refractivity contribution in [2.24, 2.45) is 0 Å². The van der Waals surface area contributed by atoms with Gasteiger partial charge in [-0.1, -0.05) is 6.07 Å². The number of hydrogen-bond donors (Lipinski definition) is 4. The van der Waals surface area contributed by atoms with Crippen molar-refractivity contribution >= 4 is 28.4 Å². The molecule has 5 N–H and O–H groups in total. The number of phenols is 1. The summed E-state index contributed by atoms with van der Waals surface area (Å²) in [5, 5.41) is 12.1. The molecule has 0 aliphatic carbocycles. The molecule has 2 aromatic carbocycles. The summed E-state index contributed by atoms with van der Waals surface area (Å²) in [4.78, 5) is 12.1. The second-order valence-corrected chi connectivity index (χ2v) is 4.98. The van der Waals surface area contributed by atoms with Gasteiger partial charge in [0.25, 0.3) is 5.91 Å². The van der Waals surface area contributed by atoms with Crippen molar-refractivity contribution in [2.75, 3.05) is 11.1 Å². The highest BCUT2D eigenvalue weighted by atomic mass is 32.2. The monoisotopic (exact) mass is 292 g/mol. The molecule has 0 radical (unpaired) electrons. The predicted octanol–water partition coefficient (Wildman–Crippen LogP) is 1.81. The first-order valence-corrected chi connectivity index (χ1v) is 6.69. The van der Waals surface area contributed by atoms with Crippen molar-refractivity contribution in [3.63, 3.8) is 0 Å². The van der Waals surface area contributed by atoms with Crippen LogP contribution < -0.4 is 11.1 Å². The Morgan fingerprint density at radius 2 is 1.95 bits per heavy atom. The number of anilines is 2. The Hall–Kier alpha value is -2.38. The number of amides is 1. The molecule has 0 aliphatic heterocycles. The van der Waals surface area contributed by atoms with Crippen molar-refractivity contribution in [1.82, 2.24) is 0 Å². The number of benzene rings is 2. The van der Waals surface area contributed by atoms with Gasteiger partial charge in [-0.15, -0.1) is 0 Å². The van der Waals surface area contributed by atoms with Crippen LogP contribution >= 0.6 is 0 Å². The van der Waals surface area contributed by atoms with Crippen molar-refractivity contribution in [2.45, 2.75) is 4.90 Å². The molecule has 6 nitrogen and oxygen atoms in total. The van der Waals surface area contributed by atoms with Gasteiger partial charge in [0.15, 0.2) is 11.1 Å². The number of nitrogens with one attached hydrogen (secondary N) is 1. The molecule has 0 aromatic heterocycles. The van der Waals surface area contributed by atoms with E-state index in [1.807, 2.05) is 0 Å². The van der Waals surface area contributed by atoms with Gasteiger partial charge in [0.2, 0.25) is 0 Å². The molecule has 0 heterocycles. The number of phenolic OH excluding ortho intramolecular Hbond substituents is 1. The van der Waals surface area contributed by atoms with Crippen LogP contribution in [0.4, 0.5) is 11.4 Å². The predicted molar refractivity (Wildman–Crippen MR) is 76.0 cm³/mol. The summed E-state index contributed by atoms with van der Waals surface area (Å²) in [6.45, 7) is 0. The first-order chi connectivity index (χ1) is 9.47. The van der Waals surface area contributed by atoms with Crippen LogP contribution in [0.25, 0.3) is 0 Å². The van der Waals surface area contributed by atoms with Crippen molar-refractivity contribution in [3.8, 4) is 5.75 Å². The van der Waals surface area contributed by atoms with Crippen LogP contribution in [0, 0.1) is 0 Å². The number of carbonyl (C=O) groups excluding carboxylic acids is 1. The van der Waals surface area contributed by atoms with Crippen LogP contribution in [0.5, 0.6) is 5.75 Å². The van der Waals surface area contributed by atoms with Gasteiger partial charge in [0.1, 0.15) is 5.75 Å². The molecule has 7 heteroatoms. The zero-order valence-electron chi connectivity index (χ0n) is 10.2. The van der Waals surface area contributed by atoms with Gasteiger partial charge in [0.05, 0.1) is 10.6 Å². The molecule has 0 saturated heterocycles. The molecule has 0 fully saturated rings. The first-order valence-electron chi connectivity index (χ1n) is 5.58. The summed E-state index contributed by atoms with van der Waals surface area (Å²) in [6.07, 6.45) is 0. The van der Waals surface area contributed by atoms with Crippen LogP contribution in [0.1, 0.15) is 10.4 Å². The maximum absolute atomic E-state index is 12.0. The Bertz CT molecular complexity index is 688. The van der Waals surface area contributed by atoms with E-state index in [9.17, 15) is 14.1 Å². The fourth-order valence-corrected chi connectivity index (χ4v) is 2.00. The molecule has 1 atom stereocenters. The number of carbonyl (C=O) groups is 1. The lowest BCUT2D eigenvalue weighted by molar-refractivity contribution is 0.102. The number of rotatable bonds is 3. The molecular weight excluding hydrogens is 280 g/mol. The SMILES string of the molecule is Nc1cccc(C(=O)Nc2cc(S(=O)O)ccc2O)c1. The third-order valence-corrected chi connectivity index (χ3v) is 3.22. The van der Waals surface area contributed by atoms with E-state index in [2.05, 4.69) is 5.32 Å². The molecule has 2 rings (SSSR count). The van der Waals surface area contributed by atoms with Crippen LogP contribution in [-0.4, -0.2) is 19.8 Å². The molecule has 20 heavy (non-hydrogen) atoms. The number of hydrogen-bond acceptors (Lipinski definition) is 4. The topological polar surface area (TPSA) is 113 Å². The minimum Gasteiger partial charge on any atom is -0.506 e. The van der Waals surface area contributed by atoms with Crippen LogP contribution in [0.2, 0.25) is 0 Å². The number of nitrogens with two attached hydrogens (primary N) is 1. The summed E-state index contributed by atoms with van der Waals surface area (Å²) in [7, 11) is 0. The fourth-order valence-electron chi connectivity index (χ4n) is 1.60.